The lowest BCUT2D eigenvalue weighted by Gasteiger charge is -2.21. The number of hydrogen-bond donors (Lipinski definition) is 0. The summed E-state index contributed by atoms with van der Waals surface area (Å²) in [6, 6.07) is 36.1. The Morgan fingerprint density at radius 2 is 1.48 bits per heavy atom. The number of hydrogen-bond acceptors (Lipinski definition) is 3. The van der Waals surface area contributed by atoms with E-state index in [0.717, 1.165) is 48.2 Å². The monoisotopic (exact) mass is 673 g/mol. The van der Waals surface area contributed by atoms with Crippen molar-refractivity contribution < 1.29 is 13.1 Å². The van der Waals surface area contributed by atoms with Gasteiger partial charge in [0.15, 0.2) is 22.2 Å². The molecule has 9 rings (SSSR count). The molecule has 5 aromatic carbocycles. The van der Waals surface area contributed by atoms with Gasteiger partial charge in [0.25, 0.3) is 5.82 Å². The minimum Gasteiger partial charge on any atom is -0.452 e. The minimum absolute atomic E-state index is 0.114. The van der Waals surface area contributed by atoms with E-state index in [0.29, 0.717) is 22.1 Å². The molecule has 5 heteroatoms. The van der Waals surface area contributed by atoms with Gasteiger partial charge >= 0.3 is 0 Å². The van der Waals surface area contributed by atoms with Crippen LogP contribution in [0.5, 0.6) is 0 Å². The molecule has 4 nitrogen and oxygen atoms in total. The summed E-state index contributed by atoms with van der Waals surface area (Å²) in [6.45, 7) is 8.83. The van der Waals surface area contributed by atoms with E-state index in [1.807, 2.05) is 30.3 Å². The number of pyridine rings is 1. The van der Waals surface area contributed by atoms with E-state index < -0.39 is 6.85 Å². The van der Waals surface area contributed by atoms with Gasteiger partial charge in [0.1, 0.15) is 16.8 Å². The van der Waals surface area contributed by atoms with Crippen molar-refractivity contribution in [3.63, 3.8) is 0 Å². The zero-order valence-corrected chi connectivity index (χ0v) is 29.9. The van der Waals surface area contributed by atoms with Gasteiger partial charge in [-0.25, -0.2) is 9.55 Å². The molecule has 0 amide bonds. The molecule has 0 aliphatic rings. The molecule has 0 saturated heterocycles. The molecule has 246 valence electrons. The Morgan fingerprint density at radius 3 is 2.22 bits per heavy atom. The highest BCUT2D eigenvalue weighted by atomic mass is 32.1. The maximum absolute atomic E-state index is 8.55. The molecule has 0 unspecified atom stereocenters. The van der Waals surface area contributed by atoms with Gasteiger partial charge in [-0.15, -0.1) is 11.3 Å². The number of aryl methyl sites for hydroxylation is 3. The van der Waals surface area contributed by atoms with Crippen LogP contribution in [0.25, 0.3) is 81.5 Å². The summed E-state index contributed by atoms with van der Waals surface area (Å²) in [6.07, 6.45) is 0. The van der Waals surface area contributed by atoms with Crippen LogP contribution in [0.15, 0.2) is 108 Å². The van der Waals surface area contributed by atoms with Gasteiger partial charge in [-0.2, -0.15) is 4.57 Å². The number of benzene rings is 5. The molecule has 0 bridgehead atoms. The average Bonchev–Trinajstić information content (AvgIpc) is 3.80. The van der Waals surface area contributed by atoms with Crippen LogP contribution in [0, 0.1) is 13.8 Å². The van der Waals surface area contributed by atoms with Crippen LogP contribution in [0.4, 0.5) is 0 Å². The lowest BCUT2D eigenvalue weighted by molar-refractivity contribution is -0.633. The van der Waals surface area contributed by atoms with E-state index in [2.05, 4.69) is 124 Å². The second kappa shape index (κ2) is 11.4. The van der Waals surface area contributed by atoms with Gasteiger partial charge < -0.3 is 4.42 Å². The summed E-state index contributed by atoms with van der Waals surface area (Å²) in [5.41, 5.74) is 12.4. The Morgan fingerprint density at radius 1 is 0.780 bits per heavy atom. The molecule has 50 heavy (non-hydrogen) atoms. The molecule has 9 aromatic rings. The fourth-order valence-electron chi connectivity index (χ4n) is 7.83. The zero-order valence-electron chi connectivity index (χ0n) is 32.1. The standard InChI is InChI=1S/C45H40N3OS/c1-25(2)33-23-30(29-15-9-8-10-16-29)24-34(26(3)4)41(33)48-36-19-13-12-18-35(36)47(7)45(48)38-27(5)21-22-32-40-43(49-42(32)38)44-39(28(6)46-40)31-17-11-14-20-37(31)50-44/h8-26H,1-7H3/q+1/i6D3. The van der Waals surface area contributed by atoms with E-state index in [-0.39, 0.29) is 17.5 Å². The highest BCUT2D eigenvalue weighted by Gasteiger charge is 2.34. The van der Waals surface area contributed by atoms with E-state index in [1.54, 1.807) is 11.3 Å². The van der Waals surface area contributed by atoms with E-state index in [1.165, 1.54) is 27.9 Å². The van der Waals surface area contributed by atoms with Gasteiger partial charge in [0.2, 0.25) is 0 Å². The average molecular weight is 674 g/mol. The SMILES string of the molecule is [2H]C([2H])([2H])c1nc2c3ccc(C)c(-c4n(-c5c(C(C)C)cc(-c6ccccc6)cc5C(C)C)c5ccccc5[n+]4C)c3oc2c2sc3ccccc3c12. The fraction of sp³-hybridized carbons (Fsp3) is 0.200. The lowest BCUT2D eigenvalue weighted by atomic mass is 9.88. The molecule has 0 aliphatic carbocycles. The molecular formula is C45H40N3OS+. The first-order valence-corrected chi connectivity index (χ1v) is 18.2. The first-order valence-electron chi connectivity index (χ1n) is 18.8. The molecule has 4 heterocycles. The summed E-state index contributed by atoms with van der Waals surface area (Å²) < 4.78 is 39.2. The second-order valence-corrected chi connectivity index (χ2v) is 15.1. The van der Waals surface area contributed by atoms with Gasteiger partial charge in [0.05, 0.1) is 11.7 Å². The molecule has 0 atom stereocenters. The molecule has 0 saturated carbocycles. The molecule has 0 N–H and O–H groups in total. The largest absolute Gasteiger partial charge is 0.452 e. The van der Waals surface area contributed by atoms with Crippen LogP contribution in [0.3, 0.4) is 0 Å². The van der Waals surface area contributed by atoms with Crippen LogP contribution in [-0.4, -0.2) is 9.55 Å². The number of thiophene rings is 1. The Kier molecular flexibility index (Phi) is 6.28. The summed E-state index contributed by atoms with van der Waals surface area (Å²) in [4.78, 5) is 4.95. The van der Waals surface area contributed by atoms with Crippen molar-refractivity contribution in [2.45, 2.75) is 53.3 Å². The van der Waals surface area contributed by atoms with Crippen molar-refractivity contribution in [1.82, 2.24) is 9.55 Å². The summed E-state index contributed by atoms with van der Waals surface area (Å²) in [7, 11) is 2.13. The number of fused-ring (bicyclic) bond motifs is 8. The zero-order chi connectivity index (χ0) is 36.9. The molecule has 4 aromatic heterocycles. The maximum Gasteiger partial charge on any atom is 0.299 e. The first-order chi connectivity index (χ1) is 25.4. The van der Waals surface area contributed by atoms with Crippen molar-refractivity contribution in [2.24, 2.45) is 7.05 Å². The van der Waals surface area contributed by atoms with Crippen molar-refractivity contribution in [2.75, 3.05) is 0 Å². The Hall–Kier alpha value is -5.26. The van der Waals surface area contributed by atoms with Crippen molar-refractivity contribution in [3.05, 3.63) is 126 Å². The number of furan rings is 1. The van der Waals surface area contributed by atoms with Gasteiger partial charge in [-0.1, -0.05) is 94.4 Å². The predicted molar refractivity (Wildman–Crippen MR) is 211 cm³/mol. The number of aromatic nitrogens is 3. The van der Waals surface area contributed by atoms with Crippen LogP contribution in [0.1, 0.15) is 66.0 Å². The predicted octanol–water partition coefficient (Wildman–Crippen LogP) is 12.3. The van der Waals surface area contributed by atoms with E-state index in [4.69, 9.17) is 13.5 Å². The number of rotatable bonds is 5. The van der Waals surface area contributed by atoms with Crippen LogP contribution >= 0.6 is 11.3 Å². The normalized spacial score (nSPS) is 13.4. The number of nitrogens with zero attached hydrogens (tertiary/aromatic N) is 3. The smallest absolute Gasteiger partial charge is 0.299 e. The molecule has 0 spiro atoms. The minimum atomic E-state index is -2.40. The van der Waals surface area contributed by atoms with Gasteiger partial charge in [-0.05, 0) is 78.7 Å². The maximum atomic E-state index is 8.55. The Bertz CT molecular complexity index is 2880. The summed E-state index contributed by atoms with van der Waals surface area (Å²) in [5.74, 6) is 1.46. The summed E-state index contributed by atoms with van der Waals surface area (Å²) >= 11 is 1.57. The third-order valence-electron chi connectivity index (χ3n) is 10.3. The van der Waals surface area contributed by atoms with Gasteiger partial charge in [0, 0.05) is 41.8 Å². The summed E-state index contributed by atoms with van der Waals surface area (Å²) in [5, 5.41) is 2.34. The molecule has 0 fully saturated rings. The topological polar surface area (TPSA) is 34.8 Å². The fourth-order valence-corrected chi connectivity index (χ4v) is 9.02. The third-order valence-corrected chi connectivity index (χ3v) is 11.5. The second-order valence-electron chi connectivity index (χ2n) is 14.1. The molecular weight excluding hydrogens is 631 g/mol. The van der Waals surface area contributed by atoms with Crippen LogP contribution in [0.2, 0.25) is 0 Å². The highest BCUT2D eigenvalue weighted by Crippen LogP contribution is 2.46. The third kappa shape index (κ3) is 4.42. The lowest BCUT2D eigenvalue weighted by Crippen LogP contribution is -2.30. The quantitative estimate of drug-likeness (QED) is 0.170. The van der Waals surface area contributed by atoms with Crippen molar-refractivity contribution in [1.29, 1.82) is 0 Å². The Balaban J connectivity index is 1.43. The Labute approximate surface area is 300 Å². The van der Waals surface area contributed by atoms with Crippen molar-refractivity contribution in [3.8, 4) is 28.2 Å². The van der Waals surface area contributed by atoms with Crippen molar-refractivity contribution >= 4 is 64.6 Å². The number of para-hydroxylation sites is 2. The van der Waals surface area contributed by atoms with Crippen LogP contribution in [-0.2, 0) is 7.05 Å². The molecule has 0 aliphatic heterocycles. The first kappa shape index (κ1) is 27.5. The van der Waals surface area contributed by atoms with E-state index >= 15 is 0 Å². The molecule has 0 radical (unpaired) electrons. The van der Waals surface area contributed by atoms with Crippen LogP contribution < -0.4 is 4.57 Å². The van der Waals surface area contributed by atoms with Gasteiger partial charge in [-0.3, -0.25) is 0 Å². The van der Waals surface area contributed by atoms with E-state index in [9.17, 15) is 0 Å². The highest BCUT2D eigenvalue weighted by molar-refractivity contribution is 7.26. The number of imidazole rings is 1.